The van der Waals surface area contributed by atoms with Crippen LogP contribution in [0.1, 0.15) is 59.8 Å². The number of hydrogen-bond acceptors (Lipinski definition) is 9. The summed E-state index contributed by atoms with van der Waals surface area (Å²) in [5.74, 6) is -2.68. The van der Waals surface area contributed by atoms with Crippen molar-refractivity contribution in [3.63, 3.8) is 0 Å². The molecule has 42 heavy (non-hydrogen) atoms. The van der Waals surface area contributed by atoms with Crippen molar-refractivity contribution in [3.05, 3.63) is 0 Å². The molecule has 2 rings (SSSR count). The zero-order chi connectivity index (χ0) is 32.5. The highest BCUT2D eigenvalue weighted by atomic mass is 32.2. The van der Waals surface area contributed by atoms with Crippen LogP contribution in [0.15, 0.2) is 0 Å². The molecule has 12 nitrogen and oxygen atoms in total. The molecular formula is C26H51N3O9S3Si. The van der Waals surface area contributed by atoms with Gasteiger partial charge in [0.2, 0.25) is 26.0 Å². The second kappa shape index (κ2) is 13.6. The second-order valence-electron chi connectivity index (χ2n) is 13.5. The number of ketones is 1. The minimum absolute atomic E-state index is 0.0426. The summed E-state index contributed by atoms with van der Waals surface area (Å²) in [5.41, 5.74) is 0. The van der Waals surface area contributed by atoms with E-state index in [0.29, 0.717) is 19.3 Å². The number of sulfone groups is 1. The molecule has 246 valence electrons. The van der Waals surface area contributed by atoms with Crippen LogP contribution in [-0.2, 0) is 43.9 Å². The van der Waals surface area contributed by atoms with E-state index in [1.165, 1.54) is 8.61 Å². The molecule has 1 amide bonds. The highest BCUT2D eigenvalue weighted by Gasteiger charge is 2.46. The first kappa shape index (κ1) is 37.3. The predicted octanol–water partition coefficient (Wildman–Crippen LogP) is 1.60. The van der Waals surface area contributed by atoms with E-state index in [-0.39, 0.29) is 49.4 Å². The maximum absolute atomic E-state index is 13.6. The molecule has 16 heteroatoms. The van der Waals surface area contributed by atoms with Gasteiger partial charge in [-0.25, -0.2) is 29.6 Å². The van der Waals surface area contributed by atoms with Crippen molar-refractivity contribution in [3.8, 4) is 0 Å². The summed E-state index contributed by atoms with van der Waals surface area (Å²) in [5, 5.41) is 2.70. The second-order valence-corrected chi connectivity index (χ2v) is 24.4. The quantitative estimate of drug-likeness (QED) is 0.286. The van der Waals surface area contributed by atoms with Gasteiger partial charge >= 0.3 is 0 Å². The topological polar surface area (TPSA) is 164 Å². The smallest absolute Gasteiger partial charge is 0.224 e. The fourth-order valence-electron chi connectivity index (χ4n) is 5.57. The van der Waals surface area contributed by atoms with Gasteiger partial charge in [-0.05, 0) is 49.7 Å². The summed E-state index contributed by atoms with van der Waals surface area (Å²) in [7, 11) is -12.9. The lowest BCUT2D eigenvalue weighted by atomic mass is 9.85. The van der Waals surface area contributed by atoms with Crippen LogP contribution in [0.3, 0.4) is 0 Å². The molecule has 1 N–H and O–H groups in total. The van der Waals surface area contributed by atoms with Crippen molar-refractivity contribution >= 4 is 49.9 Å². The number of rotatable bonds is 13. The largest absolute Gasteiger partial charge is 0.413 e. The Morgan fingerprint density at radius 2 is 1.52 bits per heavy atom. The number of carbonyl (C=O) groups is 2. The number of nitrogens with zero attached hydrogens (tertiary/aromatic N) is 2. The summed E-state index contributed by atoms with van der Waals surface area (Å²) >= 11 is 0. The minimum atomic E-state index is -3.65. The lowest BCUT2D eigenvalue weighted by Gasteiger charge is -2.38. The molecule has 0 bridgehead atoms. The number of carbonyl (C=O) groups excluding carboxylic acids is 2. The molecule has 0 aromatic carbocycles. The van der Waals surface area contributed by atoms with Gasteiger partial charge in [-0.15, -0.1) is 0 Å². The maximum Gasteiger partial charge on any atom is 0.224 e. The molecule has 2 fully saturated rings. The van der Waals surface area contributed by atoms with Gasteiger partial charge in [0, 0.05) is 38.4 Å². The number of Topliss-reactive ketones (excluding diaryl/α,β-unsaturated/α-hetero) is 1. The first-order valence-corrected chi connectivity index (χ1v) is 23.1. The average molecular weight is 674 g/mol. The van der Waals surface area contributed by atoms with Crippen molar-refractivity contribution in [2.75, 3.05) is 44.2 Å². The Kier molecular flexibility index (Phi) is 12.1. The first-order valence-electron chi connectivity index (χ1n) is 14.5. The van der Waals surface area contributed by atoms with Gasteiger partial charge in [-0.1, -0.05) is 27.7 Å². The van der Waals surface area contributed by atoms with E-state index in [4.69, 9.17) is 4.43 Å². The number of amides is 1. The molecule has 2 heterocycles. The van der Waals surface area contributed by atoms with E-state index in [1.54, 1.807) is 6.92 Å². The van der Waals surface area contributed by atoms with Crippen LogP contribution in [0.2, 0.25) is 18.1 Å². The number of hydrogen-bond donors (Lipinski definition) is 1. The first-order chi connectivity index (χ1) is 18.9. The summed E-state index contributed by atoms with van der Waals surface area (Å²) in [6, 6.07) is -1.59. The summed E-state index contributed by atoms with van der Waals surface area (Å²) in [6.45, 7) is 12.7. The van der Waals surface area contributed by atoms with E-state index in [9.17, 15) is 34.8 Å². The average Bonchev–Trinajstić information content (AvgIpc) is 3.21. The molecular weight excluding hydrogens is 623 g/mol. The highest BCUT2D eigenvalue weighted by Crippen LogP contribution is 2.39. The van der Waals surface area contributed by atoms with Gasteiger partial charge in [0.25, 0.3) is 0 Å². The van der Waals surface area contributed by atoms with Gasteiger partial charge < -0.3 is 9.74 Å². The Morgan fingerprint density at radius 3 is 1.95 bits per heavy atom. The van der Waals surface area contributed by atoms with E-state index in [0.717, 1.165) is 18.8 Å². The van der Waals surface area contributed by atoms with Gasteiger partial charge in [-0.2, -0.15) is 4.31 Å². The zero-order valence-electron chi connectivity index (χ0n) is 26.5. The highest BCUT2D eigenvalue weighted by molar-refractivity contribution is 7.90. The van der Waals surface area contributed by atoms with Crippen molar-refractivity contribution < 1.29 is 39.3 Å². The van der Waals surface area contributed by atoms with Crippen LogP contribution in [-0.4, -0.2) is 116 Å². The lowest BCUT2D eigenvalue weighted by Crippen LogP contribution is -2.51. The summed E-state index contributed by atoms with van der Waals surface area (Å²) < 4.78 is 83.2. The van der Waals surface area contributed by atoms with Crippen LogP contribution in [0.4, 0.5) is 0 Å². The molecule has 0 aromatic rings. The van der Waals surface area contributed by atoms with Gasteiger partial charge in [0.1, 0.15) is 9.84 Å². The molecule has 2 aliphatic rings. The van der Waals surface area contributed by atoms with Crippen molar-refractivity contribution in [2.24, 2.45) is 11.8 Å². The van der Waals surface area contributed by atoms with Gasteiger partial charge in [0.15, 0.2) is 14.1 Å². The molecule has 2 saturated heterocycles. The molecule has 4 atom stereocenters. The fraction of sp³-hybridized carbons (Fsp3) is 0.923. The van der Waals surface area contributed by atoms with Crippen LogP contribution >= 0.6 is 0 Å². The van der Waals surface area contributed by atoms with Crippen molar-refractivity contribution in [1.29, 1.82) is 0 Å². The Bertz CT molecular complexity index is 1300. The Labute approximate surface area is 254 Å². The van der Waals surface area contributed by atoms with E-state index < -0.39 is 73.8 Å². The van der Waals surface area contributed by atoms with E-state index >= 15 is 0 Å². The van der Waals surface area contributed by atoms with E-state index in [1.807, 2.05) is 0 Å². The molecule has 0 aromatic heterocycles. The van der Waals surface area contributed by atoms with Crippen LogP contribution in [0, 0.1) is 11.8 Å². The summed E-state index contributed by atoms with van der Waals surface area (Å²) in [4.78, 5) is 26.7. The third kappa shape index (κ3) is 10.3. The van der Waals surface area contributed by atoms with Crippen molar-refractivity contribution in [2.45, 2.75) is 96.1 Å². The number of sulfonamides is 2. The fourth-order valence-corrected chi connectivity index (χ4v) is 10.0. The maximum atomic E-state index is 13.6. The normalized spacial score (nSPS) is 23.9. The SMILES string of the molecule is CCC(=O)C(CC1CC(O[Si](C)(C)C(C)(C)C)CN1S(C)(=O)=O)NC(=O)C(CS(C)(=O)=O)C1CCN(S(C)(=O)=O)CC1. The Balaban J connectivity index is 2.29. The Morgan fingerprint density at radius 1 is 0.976 bits per heavy atom. The zero-order valence-corrected chi connectivity index (χ0v) is 30.0. The molecule has 0 saturated carbocycles. The summed E-state index contributed by atoms with van der Waals surface area (Å²) in [6.07, 6.45) is 4.06. The molecule has 4 unspecified atom stereocenters. The lowest BCUT2D eigenvalue weighted by molar-refractivity contribution is -0.131. The number of piperidine rings is 1. The minimum Gasteiger partial charge on any atom is -0.413 e. The molecule has 0 aliphatic carbocycles. The monoisotopic (exact) mass is 673 g/mol. The third-order valence-corrected chi connectivity index (χ3v) is 17.0. The third-order valence-electron chi connectivity index (χ3n) is 8.94. The standard InChI is InChI=1S/C26H51N3O9S3Si/c1-10-24(30)23(16-20-15-21(17-29(20)41(7,36)37)38-42(8,9)26(2,3)4)27-25(31)22(18-39(5,32)33)19-11-13-28(14-12-19)40(6,34)35/h19-23H,10-18H2,1-9H3,(H,27,31). The van der Waals surface area contributed by atoms with E-state index in [2.05, 4.69) is 39.2 Å². The van der Waals surface area contributed by atoms with Gasteiger partial charge in [0.05, 0.1) is 36.3 Å². The van der Waals surface area contributed by atoms with Crippen LogP contribution in [0.25, 0.3) is 0 Å². The molecule has 0 spiro atoms. The molecule has 2 aliphatic heterocycles. The van der Waals surface area contributed by atoms with Gasteiger partial charge in [-0.3, -0.25) is 9.59 Å². The predicted molar refractivity (Wildman–Crippen MR) is 166 cm³/mol. The van der Waals surface area contributed by atoms with Crippen molar-refractivity contribution in [1.82, 2.24) is 13.9 Å². The molecule has 0 radical (unpaired) electrons. The Hall–Kier alpha value is -0.913. The number of nitrogens with one attached hydrogen (secondary N) is 1. The van der Waals surface area contributed by atoms with Crippen LogP contribution < -0.4 is 5.32 Å². The van der Waals surface area contributed by atoms with Crippen LogP contribution in [0.5, 0.6) is 0 Å².